The van der Waals surface area contributed by atoms with Crippen molar-refractivity contribution in [2.45, 2.75) is 76.9 Å². The van der Waals surface area contributed by atoms with Gasteiger partial charge in [0.1, 0.15) is 0 Å². The Labute approximate surface area is 126 Å². The fourth-order valence-corrected chi connectivity index (χ4v) is 4.46. The predicted octanol–water partition coefficient (Wildman–Crippen LogP) is 4.40. The Morgan fingerprint density at radius 2 is 1.71 bits per heavy atom. The molecule has 2 nitrogen and oxygen atoms in total. The lowest BCUT2D eigenvalue weighted by Crippen LogP contribution is -2.49. The molecule has 0 radical (unpaired) electrons. The zero-order chi connectivity index (χ0) is 15.5. The molecule has 3 N–H and O–H groups in total. The van der Waals surface area contributed by atoms with Gasteiger partial charge in [-0.1, -0.05) is 32.6 Å². The van der Waals surface area contributed by atoms with Crippen LogP contribution in [0.3, 0.4) is 0 Å². The molecule has 0 aromatic rings. The van der Waals surface area contributed by atoms with Crippen molar-refractivity contribution in [3.63, 3.8) is 0 Å². The van der Waals surface area contributed by atoms with Crippen LogP contribution in [0.25, 0.3) is 0 Å². The quantitative estimate of drug-likeness (QED) is 0.596. The van der Waals surface area contributed by atoms with Crippen molar-refractivity contribution in [1.29, 1.82) is 0 Å². The summed E-state index contributed by atoms with van der Waals surface area (Å²) >= 11 is 0. The Kier molecular flexibility index (Phi) is 5.95. The summed E-state index contributed by atoms with van der Waals surface area (Å²) in [6.07, 6.45) is 3.91. The summed E-state index contributed by atoms with van der Waals surface area (Å²) in [4.78, 5) is 0. The second-order valence-corrected chi connectivity index (χ2v) is 7.05. The van der Waals surface area contributed by atoms with E-state index in [1.165, 1.54) is 19.3 Å². The molecule has 2 rings (SSSR count). The molecule has 21 heavy (non-hydrogen) atoms. The van der Waals surface area contributed by atoms with E-state index in [1.54, 1.807) is 0 Å². The first-order valence-electron chi connectivity index (χ1n) is 8.48. The number of nitrogens with two attached hydrogens (primary N) is 1. The molecule has 0 aromatic heterocycles. The molecule has 2 saturated carbocycles. The second kappa shape index (κ2) is 7.32. The summed E-state index contributed by atoms with van der Waals surface area (Å²) in [5.41, 5.74) is 2.88. The molecule has 2 aliphatic rings. The lowest BCUT2D eigenvalue weighted by atomic mass is 9.69. The molecule has 2 aliphatic carbocycles. The molecule has 0 aromatic carbocycles. The van der Waals surface area contributed by atoms with Gasteiger partial charge in [-0.3, -0.25) is 11.3 Å². The molecule has 0 heterocycles. The molecule has 0 aliphatic heterocycles. The molecule has 5 heteroatoms. The van der Waals surface area contributed by atoms with Crippen LogP contribution in [0.15, 0.2) is 0 Å². The van der Waals surface area contributed by atoms with Gasteiger partial charge in [0.15, 0.2) is 0 Å². The van der Waals surface area contributed by atoms with Gasteiger partial charge < -0.3 is 0 Å². The summed E-state index contributed by atoms with van der Waals surface area (Å²) in [6.45, 7) is 2.22. The van der Waals surface area contributed by atoms with Gasteiger partial charge in [0.25, 0.3) is 0 Å². The first-order valence-corrected chi connectivity index (χ1v) is 8.48. The molecule has 0 spiro atoms. The molecule has 0 amide bonds. The van der Waals surface area contributed by atoms with Crippen LogP contribution in [0.4, 0.5) is 13.2 Å². The van der Waals surface area contributed by atoms with Crippen molar-refractivity contribution >= 4 is 0 Å². The molecule has 2 fully saturated rings. The van der Waals surface area contributed by atoms with E-state index in [9.17, 15) is 13.2 Å². The lowest BCUT2D eigenvalue weighted by molar-refractivity contribution is -0.187. The van der Waals surface area contributed by atoms with E-state index in [0.717, 1.165) is 25.2 Å². The minimum Gasteiger partial charge on any atom is -0.271 e. The maximum absolute atomic E-state index is 13.0. The number of hydrogen-bond acceptors (Lipinski definition) is 2. The van der Waals surface area contributed by atoms with Crippen LogP contribution in [-0.2, 0) is 0 Å². The van der Waals surface area contributed by atoms with E-state index in [-0.39, 0.29) is 18.4 Å². The zero-order valence-corrected chi connectivity index (χ0v) is 13.0. The van der Waals surface area contributed by atoms with Crippen LogP contribution >= 0.6 is 0 Å². The third kappa shape index (κ3) is 4.35. The maximum atomic E-state index is 13.0. The molecule has 0 bridgehead atoms. The summed E-state index contributed by atoms with van der Waals surface area (Å²) in [7, 11) is 0. The SMILES string of the molecule is CCC1CCC(C(NN)C2CCCC(C(F)(F)F)C2)CC1. The summed E-state index contributed by atoms with van der Waals surface area (Å²) in [5.74, 6) is 5.93. The van der Waals surface area contributed by atoms with E-state index in [1.807, 2.05) is 0 Å². The summed E-state index contributed by atoms with van der Waals surface area (Å²) < 4.78 is 38.9. The fourth-order valence-electron chi connectivity index (χ4n) is 4.46. The number of halogens is 3. The number of hydrazine groups is 1. The lowest BCUT2D eigenvalue weighted by Gasteiger charge is -2.41. The third-order valence-electron chi connectivity index (χ3n) is 5.85. The normalized spacial score (nSPS) is 36.4. The van der Waals surface area contributed by atoms with Crippen molar-refractivity contribution in [1.82, 2.24) is 5.43 Å². The Bertz CT molecular complexity index is 311. The highest BCUT2D eigenvalue weighted by Gasteiger charge is 2.44. The topological polar surface area (TPSA) is 38.0 Å². The minimum absolute atomic E-state index is 0.0629. The first kappa shape index (κ1) is 17.1. The van der Waals surface area contributed by atoms with Crippen molar-refractivity contribution in [3.8, 4) is 0 Å². The first-order chi connectivity index (χ1) is 9.95. The smallest absolute Gasteiger partial charge is 0.271 e. The minimum atomic E-state index is -4.04. The van der Waals surface area contributed by atoms with Gasteiger partial charge in [0.05, 0.1) is 5.92 Å². The van der Waals surface area contributed by atoms with Gasteiger partial charge >= 0.3 is 6.18 Å². The maximum Gasteiger partial charge on any atom is 0.391 e. The Morgan fingerprint density at radius 3 is 2.24 bits per heavy atom. The molecule has 124 valence electrons. The van der Waals surface area contributed by atoms with E-state index < -0.39 is 12.1 Å². The number of rotatable bonds is 4. The van der Waals surface area contributed by atoms with Crippen LogP contribution in [-0.4, -0.2) is 12.2 Å². The third-order valence-corrected chi connectivity index (χ3v) is 5.85. The molecule has 3 atom stereocenters. The number of nitrogens with one attached hydrogen (secondary N) is 1. The highest BCUT2D eigenvalue weighted by atomic mass is 19.4. The van der Waals surface area contributed by atoms with Gasteiger partial charge in [0.2, 0.25) is 0 Å². The van der Waals surface area contributed by atoms with Crippen molar-refractivity contribution in [3.05, 3.63) is 0 Å². The highest BCUT2D eigenvalue weighted by Crippen LogP contribution is 2.43. The Hall–Kier alpha value is -0.290. The highest BCUT2D eigenvalue weighted by molar-refractivity contribution is 4.89. The Morgan fingerprint density at radius 1 is 1.05 bits per heavy atom. The van der Waals surface area contributed by atoms with Crippen LogP contribution < -0.4 is 11.3 Å². The fraction of sp³-hybridized carbons (Fsp3) is 1.00. The van der Waals surface area contributed by atoms with Crippen LogP contribution in [0.2, 0.25) is 0 Å². The van der Waals surface area contributed by atoms with Gasteiger partial charge in [0, 0.05) is 6.04 Å². The van der Waals surface area contributed by atoms with Gasteiger partial charge in [-0.05, 0) is 49.9 Å². The monoisotopic (exact) mass is 306 g/mol. The van der Waals surface area contributed by atoms with E-state index >= 15 is 0 Å². The van der Waals surface area contributed by atoms with E-state index in [4.69, 9.17) is 5.84 Å². The van der Waals surface area contributed by atoms with Gasteiger partial charge in [-0.25, -0.2) is 0 Å². The molecule has 0 saturated heterocycles. The second-order valence-electron chi connectivity index (χ2n) is 7.05. The number of hydrogen-bond donors (Lipinski definition) is 2. The summed E-state index contributed by atoms with van der Waals surface area (Å²) in [5, 5.41) is 0. The van der Waals surface area contributed by atoms with Crippen molar-refractivity contribution in [2.75, 3.05) is 0 Å². The van der Waals surface area contributed by atoms with Gasteiger partial charge in [-0.15, -0.1) is 0 Å². The molecular weight excluding hydrogens is 277 g/mol. The Balaban J connectivity index is 1.94. The van der Waals surface area contributed by atoms with Crippen LogP contribution in [0.1, 0.15) is 64.7 Å². The van der Waals surface area contributed by atoms with Crippen LogP contribution in [0, 0.1) is 23.7 Å². The van der Waals surface area contributed by atoms with Gasteiger partial charge in [-0.2, -0.15) is 13.2 Å². The molecular formula is C16H29F3N2. The largest absolute Gasteiger partial charge is 0.391 e. The standard InChI is InChI=1S/C16H29F3N2/c1-2-11-6-8-12(9-7-11)15(21-20)13-4-3-5-14(10-13)16(17,18)19/h11-15,21H,2-10,20H2,1H3. The average Bonchev–Trinajstić information content (AvgIpc) is 2.48. The number of alkyl halides is 3. The van der Waals surface area contributed by atoms with E-state index in [2.05, 4.69) is 12.3 Å². The average molecular weight is 306 g/mol. The predicted molar refractivity (Wildman–Crippen MR) is 78.4 cm³/mol. The van der Waals surface area contributed by atoms with Crippen LogP contribution in [0.5, 0.6) is 0 Å². The molecule has 3 unspecified atom stereocenters. The van der Waals surface area contributed by atoms with Crippen molar-refractivity contribution < 1.29 is 13.2 Å². The van der Waals surface area contributed by atoms with Crippen molar-refractivity contribution in [2.24, 2.45) is 29.5 Å². The summed E-state index contributed by atoms with van der Waals surface area (Å²) in [6, 6.07) is 0.0629. The zero-order valence-electron chi connectivity index (χ0n) is 13.0. The van der Waals surface area contributed by atoms with E-state index in [0.29, 0.717) is 18.8 Å².